The highest BCUT2D eigenvalue weighted by molar-refractivity contribution is 6.01. The molecule has 5 aliphatic carbocycles. The number of fused-ring (bicyclic) bond motifs is 7. The zero-order valence-corrected chi connectivity index (χ0v) is 33.9. The lowest BCUT2D eigenvalue weighted by atomic mass is 9.33. The molecule has 4 saturated carbocycles. The summed E-state index contributed by atoms with van der Waals surface area (Å²) in [5, 5.41) is 21.9. The van der Waals surface area contributed by atoms with Crippen LogP contribution in [0.25, 0.3) is 0 Å². The van der Waals surface area contributed by atoms with Gasteiger partial charge in [-0.2, -0.15) is 0 Å². The second kappa shape index (κ2) is 13.3. The standard InChI is InChI=1S/C44H64N2O7/c1-26(2)35-29(47)22-44(32(48)25-46(10)37(50)27-12-11-21-45-24-27)20-19-42(8)28(36(35)44)13-14-31-41(7)17-16-33(53-34(49)23-39(3,4)38(51)52)40(5,6)30(41)15-18-43(31,42)9/h11-12,21,24,26,28,30-33,48H,13-20,22-23,25H2,1-10H3,(H,51,52). The number of aliphatic carboxylic acids is 1. The third kappa shape index (κ3) is 6.01. The van der Waals surface area contributed by atoms with Gasteiger partial charge in [0, 0.05) is 43.2 Å². The van der Waals surface area contributed by atoms with E-state index in [-0.39, 0.29) is 64.3 Å². The second-order valence-electron chi connectivity index (χ2n) is 20.0. The van der Waals surface area contributed by atoms with Gasteiger partial charge in [0.25, 0.3) is 5.91 Å². The van der Waals surface area contributed by atoms with Crippen LogP contribution in [0.4, 0.5) is 0 Å². The molecule has 9 unspecified atom stereocenters. The number of hydrogen-bond donors (Lipinski definition) is 2. The first kappa shape index (κ1) is 39.6. The number of amides is 1. The van der Waals surface area contributed by atoms with Gasteiger partial charge in [0.15, 0.2) is 5.78 Å². The number of esters is 1. The molecule has 5 aliphatic rings. The minimum Gasteiger partial charge on any atom is -0.481 e. The van der Waals surface area contributed by atoms with Gasteiger partial charge in [0.2, 0.25) is 0 Å². The molecule has 4 fully saturated rings. The number of carboxylic acids is 1. The van der Waals surface area contributed by atoms with Crippen LogP contribution in [0.1, 0.15) is 137 Å². The number of carbonyl (C=O) groups is 4. The van der Waals surface area contributed by atoms with Crippen molar-refractivity contribution in [3.8, 4) is 0 Å². The number of pyridine rings is 1. The number of aromatic nitrogens is 1. The molecule has 0 aromatic carbocycles. The number of carboxylic acid groups (broad SMARTS) is 1. The van der Waals surface area contributed by atoms with Crippen molar-refractivity contribution in [2.75, 3.05) is 13.6 Å². The molecule has 2 N–H and O–H groups in total. The number of aliphatic hydroxyl groups is 1. The molecule has 1 amide bonds. The van der Waals surface area contributed by atoms with Crippen LogP contribution in [0.5, 0.6) is 0 Å². The van der Waals surface area contributed by atoms with Gasteiger partial charge in [-0.15, -0.1) is 0 Å². The van der Waals surface area contributed by atoms with Gasteiger partial charge in [-0.1, -0.05) is 54.0 Å². The summed E-state index contributed by atoms with van der Waals surface area (Å²) in [5.41, 5.74) is 0.381. The van der Waals surface area contributed by atoms with Crippen molar-refractivity contribution >= 4 is 23.6 Å². The topological polar surface area (TPSA) is 134 Å². The zero-order chi connectivity index (χ0) is 39.1. The maximum Gasteiger partial charge on any atom is 0.309 e. The van der Waals surface area contributed by atoms with E-state index in [4.69, 9.17) is 4.74 Å². The Morgan fingerprint density at radius 3 is 2.30 bits per heavy atom. The summed E-state index contributed by atoms with van der Waals surface area (Å²) in [7, 11) is 1.73. The van der Waals surface area contributed by atoms with Crippen LogP contribution < -0.4 is 0 Å². The lowest BCUT2D eigenvalue weighted by Crippen LogP contribution is -2.66. The lowest BCUT2D eigenvalue weighted by molar-refractivity contribution is -0.235. The maximum atomic E-state index is 14.1. The van der Waals surface area contributed by atoms with Crippen LogP contribution in [0, 0.1) is 56.2 Å². The highest BCUT2D eigenvalue weighted by atomic mass is 16.5. The molecule has 6 rings (SSSR count). The number of aliphatic hydroxyl groups excluding tert-OH is 1. The SMILES string of the molecule is CC(C)C1=C2C3CCC4C5(C)CCC(OC(=O)CC(C)(C)C(=O)O)C(C)(C)C5CCC4(C)C3(C)CCC2(C(O)CN(C)C(=O)c2cccnc2)CC1=O. The Bertz CT molecular complexity index is 1680. The van der Waals surface area contributed by atoms with E-state index in [0.29, 0.717) is 30.2 Å². The molecule has 53 heavy (non-hydrogen) atoms. The van der Waals surface area contributed by atoms with E-state index in [9.17, 15) is 29.4 Å². The van der Waals surface area contributed by atoms with Crippen LogP contribution in [0.3, 0.4) is 0 Å². The minimum absolute atomic E-state index is 0.00280. The molecule has 0 saturated heterocycles. The molecule has 1 aromatic rings. The first-order valence-corrected chi connectivity index (χ1v) is 20.1. The summed E-state index contributed by atoms with van der Waals surface area (Å²) in [6.45, 7) is 19.5. The van der Waals surface area contributed by atoms with Crippen LogP contribution >= 0.6 is 0 Å². The fraction of sp³-hybridized carbons (Fsp3) is 0.750. The summed E-state index contributed by atoms with van der Waals surface area (Å²) >= 11 is 0. The molecule has 0 bridgehead atoms. The van der Waals surface area contributed by atoms with Crippen molar-refractivity contribution in [1.29, 1.82) is 0 Å². The smallest absolute Gasteiger partial charge is 0.309 e. The third-order valence-electron chi connectivity index (χ3n) is 16.2. The van der Waals surface area contributed by atoms with Crippen molar-refractivity contribution < 1.29 is 34.1 Å². The number of nitrogens with zero attached hydrogens (tertiary/aromatic N) is 2. The number of hydrogen-bond acceptors (Lipinski definition) is 7. The predicted octanol–water partition coefficient (Wildman–Crippen LogP) is 7.91. The Morgan fingerprint density at radius 2 is 1.68 bits per heavy atom. The van der Waals surface area contributed by atoms with Crippen molar-refractivity contribution in [2.45, 2.75) is 139 Å². The molecule has 1 heterocycles. The largest absolute Gasteiger partial charge is 0.481 e. The monoisotopic (exact) mass is 732 g/mol. The summed E-state index contributed by atoms with van der Waals surface area (Å²) in [6.07, 6.45) is 9.57. The van der Waals surface area contributed by atoms with E-state index in [1.54, 1.807) is 50.3 Å². The molecule has 9 heteroatoms. The van der Waals surface area contributed by atoms with Crippen molar-refractivity contribution in [1.82, 2.24) is 9.88 Å². The summed E-state index contributed by atoms with van der Waals surface area (Å²) in [4.78, 5) is 58.0. The summed E-state index contributed by atoms with van der Waals surface area (Å²) < 4.78 is 6.15. The fourth-order valence-corrected chi connectivity index (χ4v) is 13.1. The molecule has 292 valence electrons. The van der Waals surface area contributed by atoms with Crippen molar-refractivity contribution in [3.05, 3.63) is 41.2 Å². The van der Waals surface area contributed by atoms with Crippen molar-refractivity contribution in [2.24, 2.45) is 56.2 Å². The number of rotatable bonds is 9. The van der Waals surface area contributed by atoms with Crippen LogP contribution in [0.15, 0.2) is 35.7 Å². The van der Waals surface area contributed by atoms with Gasteiger partial charge in [-0.25, -0.2) is 0 Å². The van der Waals surface area contributed by atoms with E-state index in [2.05, 4.69) is 53.5 Å². The van der Waals surface area contributed by atoms with E-state index in [1.807, 2.05) is 0 Å². The Kier molecular flexibility index (Phi) is 9.94. The molecule has 0 aliphatic heterocycles. The normalized spacial score (nSPS) is 36.9. The van der Waals surface area contributed by atoms with E-state index in [0.717, 1.165) is 50.5 Å². The number of Topliss-reactive ketones (excluding diaryl/α,β-unsaturated/α-hetero) is 1. The van der Waals surface area contributed by atoms with Crippen LogP contribution in [0.2, 0.25) is 0 Å². The Labute approximate surface area is 316 Å². The van der Waals surface area contributed by atoms with Gasteiger partial charge in [0.05, 0.1) is 23.5 Å². The first-order valence-electron chi connectivity index (χ1n) is 20.1. The number of carbonyl (C=O) groups excluding carboxylic acids is 3. The van der Waals surface area contributed by atoms with E-state index in [1.165, 1.54) is 5.57 Å². The molecular formula is C44H64N2O7. The first-order chi connectivity index (χ1) is 24.6. The fourth-order valence-electron chi connectivity index (χ4n) is 13.1. The van der Waals surface area contributed by atoms with E-state index >= 15 is 0 Å². The molecule has 0 spiro atoms. The van der Waals surface area contributed by atoms with Gasteiger partial charge in [0.1, 0.15) is 6.10 Å². The zero-order valence-electron chi connectivity index (χ0n) is 33.9. The number of likely N-dealkylation sites (N-methyl/N-ethyl adjacent to an activating group) is 1. The molecule has 9 nitrogen and oxygen atoms in total. The average Bonchev–Trinajstić information content (AvgIpc) is 3.39. The summed E-state index contributed by atoms with van der Waals surface area (Å²) in [5.74, 6) is -0.488. The van der Waals surface area contributed by atoms with Gasteiger partial charge in [-0.05, 0) is 123 Å². The molecule has 0 radical (unpaired) electrons. The number of ketones is 1. The summed E-state index contributed by atoms with van der Waals surface area (Å²) in [6, 6.07) is 3.48. The quantitative estimate of drug-likeness (QED) is 0.245. The Balaban J connectivity index is 1.28. The van der Waals surface area contributed by atoms with E-state index < -0.39 is 28.9 Å². The Hall–Kier alpha value is -3.07. The second-order valence-corrected chi connectivity index (χ2v) is 20.0. The molecule has 1 aromatic heterocycles. The maximum absolute atomic E-state index is 14.1. The predicted molar refractivity (Wildman–Crippen MR) is 203 cm³/mol. The number of ether oxygens (including phenoxy) is 1. The lowest BCUT2D eigenvalue weighted by Gasteiger charge is -2.72. The van der Waals surface area contributed by atoms with Gasteiger partial charge < -0.3 is 19.8 Å². The third-order valence-corrected chi connectivity index (χ3v) is 16.2. The highest BCUT2D eigenvalue weighted by Crippen LogP contribution is 2.77. The van der Waals surface area contributed by atoms with Gasteiger partial charge in [-0.3, -0.25) is 24.2 Å². The van der Waals surface area contributed by atoms with Gasteiger partial charge >= 0.3 is 11.9 Å². The minimum atomic E-state index is -1.18. The van der Waals surface area contributed by atoms with Crippen molar-refractivity contribution in [3.63, 3.8) is 0 Å². The van der Waals surface area contributed by atoms with Crippen LogP contribution in [-0.4, -0.2) is 69.5 Å². The van der Waals surface area contributed by atoms with Crippen LogP contribution in [-0.2, 0) is 19.1 Å². The molecular weight excluding hydrogens is 668 g/mol. The molecule has 9 atom stereocenters. The highest BCUT2D eigenvalue weighted by Gasteiger charge is 2.71. The average molecular weight is 733 g/mol. The Morgan fingerprint density at radius 1 is 0.981 bits per heavy atom. The number of allylic oxidation sites excluding steroid dienone is 1.